The Morgan fingerprint density at radius 1 is 1.40 bits per heavy atom. The van der Waals surface area contributed by atoms with Gasteiger partial charge in [0.05, 0.1) is 0 Å². The van der Waals surface area contributed by atoms with Gasteiger partial charge in [0.1, 0.15) is 17.6 Å². The van der Waals surface area contributed by atoms with Crippen LogP contribution in [-0.4, -0.2) is 23.1 Å². The zero-order chi connectivity index (χ0) is 6.69. The molecule has 0 aliphatic rings. The molecule has 0 atom stereocenters. The Morgan fingerprint density at radius 2 is 2.00 bits per heavy atom. The largest absolute Gasteiger partial charge is 2.00 e. The predicted octanol–water partition coefficient (Wildman–Crippen LogP) is 2.37. The maximum atomic E-state index is 5.13. The molecule has 1 aromatic carbocycles. The molecule has 1 aromatic rings. The summed E-state index contributed by atoms with van der Waals surface area (Å²) in [6.07, 6.45) is 0. The molecule has 0 aliphatic carbocycles. The van der Waals surface area contributed by atoms with Gasteiger partial charge in [0.15, 0.2) is 0 Å². The monoisotopic (exact) mass is 168 g/mol. The first-order valence-corrected chi connectivity index (χ1v) is 2.99. The SMILES string of the molecule is Cc1ccccc1OCl.[H-].[H-].[Mg+2]. The molecule has 10 heavy (non-hydrogen) atoms. The summed E-state index contributed by atoms with van der Waals surface area (Å²) < 4.78 is 4.52. The van der Waals surface area contributed by atoms with Crippen LogP contribution in [-0.2, 0) is 0 Å². The molecule has 0 aliphatic heterocycles. The van der Waals surface area contributed by atoms with Crippen molar-refractivity contribution in [3.05, 3.63) is 29.8 Å². The van der Waals surface area contributed by atoms with Gasteiger partial charge in [-0.25, -0.2) is 0 Å². The molecule has 1 nitrogen and oxygen atoms in total. The van der Waals surface area contributed by atoms with Crippen LogP contribution in [0.4, 0.5) is 0 Å². The topological polar surface area (TPSA) is 9.23 Å². The first kappa shape index (κ1) is 10.1. The summed E-state index contributed by atoms with van der Waals surface area (Å²) in [6, 6.07) is 7.58. The summed E-state index contributed by atoms with van der Waals surface area (Å²) in [5, 5.41) is 0. The minimum absolute atomic E-state index is 0. The Kier molecular flexibility index (Phi) is 4.86. The third-order valence-corrected chi connectivity index (χ3v) is 1.34. The first-order valence-electron chi connectivity index (χ1n) is 2.69. The fourth-order valence-electron chi connectivity index (χ4n) is 0.643. The minimum atomic E-state index is 0. The van der Waals surface area contributed by atoms with Crippen molar-refractivity contribution in [2.24, 2.45) is 0 Å². The summed E-state index contributed by atoms with van der Waals surface area (Å²) in [6.45, 7) is 1.94. The van der Waals surface area contributed by atoms with E-state index in [1.807, 2.05) is 31.2 Å². The van der Waals surface area contributed by atoms with E-state index in [0.29, 0.717) is 0 Å². The van der Waals surface area contributed by atoms with E-state index in [0.717, 1.165) is 11.3 Å². The van der Waals surface area contributed by atoms with Crippen molar-refractivity contribution >= 4 is 34.9 Å². The van der Waals surface area contributed by atoms with Gasteiger partial charge in [-0.1, -0.05) is 18.2 Å². The van der Waals surface area contributed by atoms with Crippen LogP contribution in [0.3, 0.4) is 0 Å². The molecule has 0 bridgehead atoms. The number of para-hydroxylation sites is 1. The normalized spacial score (nSPS) is 8.20. The van der Waals surface area contributed by atoms with Gasteiger partial charge in [-0.15, -0.1) is 0 Å². The number of aryl methyl sites for hydroxylation is 1. The third kappa shape index (κ3) is 2.37. The van der Waals surface area contributed by atoms with Gasteiger partial charge >= 0.3 is 23.1 Å². The van der Waals surface area contributed by atoms with E-state index in [2.05, 4.69) is 4.29 Å². The second-order valence-corrected chi connectivity index (χ2v) is 2.00. The van der Waals surface area contributed by atoms with Crippen molar-refractivity contribution in [2.75, 3.05) is 0 Å². The van der Waals surface area contributed by atoms with E-state index in [4.69, 9.17) is 11.9 Å². The predicted molar refractivity (Wildman–Crippen MR) is 45.6 cm³/mol. The van der Waals surface area contributed by atoms with Crippen LogP contribution in [0.2, 0.25) is 0 Å². The number of halogens is 1. The van der Waals surface area contributed by atoms with Crippen molar-refractivity contribution in [3.63, 3.8) is 0 Å². The van der Waals surface area contributed by atoms with Gasteiger partial charge in [0.25, 0.3) is 0 Å². The number of hydrogen-bond donors (Lipinski definition) is 0. The Bertz CT molecular complexity index is 210. The molecule has 0 radical (unpaired) electrons. The molecule has 0 amide bonds. The summed E-state index contributed by atoms with van der Waals surface area (Å²) in [7, 11) is 0. The van der Waals surface area contributed by atoms with E-state index in [-0.39, 0.29) is 25.9 Å². The fraction of sp³-hybridized carbons (Fsp3) is 0.143. The Labute approximate surface area is 84.6 Å². The van der Waals surface area contributed by atoms with Crippen LogP contribution in [0.15, 0.2) is 24.3 Å². The molecule has 52 valence electrons. The van der Waals surface area contributed by atoms with E-state index >= 15 is 0 Å². The quantitative estimate of drug-likeness (QED) is 0.586. The van der Waals surface area contributed by atoms with Crippen LogP contribution in [0, 0.1) is 6.92 Å². The maximum Gasteiger partial charge on any atom is 2.00 e. The Hall–Kier alpha value is 0.0762. The van der Waals surface area contributed by atoms with E-state index in [9.17, 15) is 0 Å². The Morgan fingerprint density at radius 3 is 2.40 bits per heavy atom. The van der Waals surface area contributed by atoms with Crippen molar-refractivity contribution in [1.29, 1.82) is 0 Å². The molecule has 0 N–H and O–H groups in total. The summed E-state index contributed by atoms with van der Waals surface area (Å²) in [4.78, 5) is 0. The van der Waals surface area contributed by atoms with Crippen LogP contribution in [0.5, 0.6) is 5.75 Å². The summed E-state index contributed by atoms with van der Waals surface area (Å²) in [5.41, 5.74) is 1.05. The molecule has 0 fully saturated rings. The van der Waals surface area contributed by atoms with Crippen molar-refractivity contribution in [1.82, 2.24) is 0 Å². The van der Waals surface area contributed by atoms with Gasteiger partial charge in [0.2, 0.25) is 0 Å². The maximum absolute atomic E-state index is 5.13. The van der Waals surface area contributed by atoms with E-state index < -0.39 is 0 Å². The standard InChI is InChI=1S/C7H7ClO.Mg.2H/c1-6-4-2-3-5-7(6)9-8;;;/h2-5H,1H3;;;/q;+2;2*-1. The molecule has 0 spiro atoms. The van der Waals surface area contributed by atoms with Crippen LogP contribution in [0.25, 0.3) is 0 Å². The first-order chi connectivity index (χ1) is 4.34. The molecule has 0 aromatic heterocycles. The second-order valence-electron chi connectivity index (χ2n) is 1.84. The Balaban J connectivity index is -0.000000270. The number of benzene rings is 1. The van der Waals surface area contributed by atoms with Gasteiger partial charge in [-0.05, 0) is 18.6 Å². The van der Waals surface area contributed by atoms with Gasteiger partial charge in [-0.3, -0.25) is 0 Å². The smallest absolute Gasteiger partial charge is 1.00 e. The molecular formula is C7H9ClMgO. The number of hydrogen-bond acceptors (Lipinski definition) is 1. The zero-order valence-electron chi connectivity index (χ0n) is 7.80. The molecule has 0 unspecified atom stereocenters. The third-order valence-electron chi connectivity index (χ3n) is 1.18. The van der Waals surface area contributed by atoms with Crippen molar-refractivity contribution < 1.29 is 7.14 Å². The van der Waals surface area contributed by atoms with Gasteiger partial charge in [-0.2, -0.15) is 0 Å². The van der Waals surface area contributed by atoms with E-state index in [1.54, 1.807) is 0 Å². The fourth-order valence-corrected chi connectivity index (χ4v) is 0.816. The molecule has 1 rings (SSSR count). The summed E-state index contributed by atoms with van der Waals surface area (Å²) in [5.74, 6) is 0.721. The van der Waals surface area contributed by atoms with Gasteiger partial charge < -0.3 is 7.14 Å². The summed E-state index contributed by atoms with van der Waals surface area (Å²) >= 11 is 5.13. The van der Waals surface area contributed by atoms with Crippen molar-refractivity contribution in [2.45, 2.75) is 6.92 Å². The van der Waals surface area contributed by atoms with Gasteiger partial charge in [0, 0.05) is 0 Å². The number of rotatable bonds is 1. The average Bonchev–Trinajstić information content (AvgIpc) is 1.89. The van der Waals surface area contributed by atoms with Crippen LogP contribution in [0.1, 0.15) is 8.42 Å². The second kappa shape index (κ2) is 4.83. The molecule has 0 saturated heterocycles. The zero-order valence-corrected chi connectivity index (χ0v) is 7.97. The van der Waals surface area contributed by atoms with E-state index in [1.165, 1.54) is 0 Å². The molecule has 3 heteroatoms. The van der Waals surface area contributed by atoms with Crippen LogP contribution >= 0.6 is 11.9 Å². The molecule has 0 saturated carbocycles. The minimum Gasteiger partial charge on any atom is -1.00 e. The van der Waals surface area contributed by atoms with Crippen LogP contribution < -0.4 is 4.29 Å². The van der Waals surface area contributed by atoms with Crippen molar-refractivity contribution in [3.8, 4) is 5.75 Å². The molecule has 0 heterocycles. The molecular weight excluding hydrogens is 160 g/mol. The average molecular weight is 169 g/mol.